The third-order valence-corrected chi connectivity index (χ3v) is 10.9. The number of hydrogen-bond donors (Lipinski definition) is 0. The Hall–Kier alpha value is -6.01. The molecular formula is C46H37N4O+. The van der Waals surface area contributed by atoms with Crippen molar-refractivity contribution in [2.75, 3.05) is 6.67 Å². The largest absolute Gasteiger partial charge is 0.457 e. The van der Waals surface area contributed by atoms with Gasteiger partial charge >= 0.3 is 0 Å². The molecule has 1 saturated heterocycles. The third-order valence-electron chi connectivity index (χ3n) is 10.9. The SMILES string of the molecule is Cc1cc(Oc2cc(-c3ccccc3)c3c4ccccc4n(-c4ccccn4)c3c2)cc([N@@+]23[CH-][N@@+](c4ccccc4)(C2)c2cc(C)c(C)cc23)c1. The number of nitrogens with zero attached hydrogens (tertiary/aromatic N) is 4. The highest BCUT2D eigenvalue weighted by atomic mass is 16.5. The minimum atomic E-state index is 0.686. The maximum atomic E-state index is 6.96. The van der Waals surface area contributed by atoms with Crippen LogP contribution < -0.4 is 13.7 Å². The predicted octanol–water partition coefficient (Wildman–Crippen LogP) is 11.9. The van der Waals surface area contributed by atoms with E-state index in [-0.39, 0.29) is 0 Å². The lowest BCUT2D eigenvalue weighted by Crippen LogP contribution is -2.67. The van der Waals surface area contributed by atoms with Crippen molar-refractivity contribution in [1.29, 1.82) is 0 Å². The van der Waals surface area contributed by atoms with Crippen LogP contribution in [0.25, 0.3) is 38.8 Å². The van der Waals surface area contributed by atoms with Crippen molar-refractivity contribution in [3.05, 3.63) is 175 Å². The minimum absolute atomic E-state index is 0.686. The molecule has 3 aliphatic heterocycles. The third kappa shape index (κ3) is 4.39. The predicted molar refractivity (Wildman–Crippen MR) is 210 cm³/mol. The standard InChI is InChI=1S/C46H37N4O/c1-31-22-36(50-29-49(30-50,35-16-8-5-9-17-35)43-24-32(2)33(3)25-44(43)50)26-37(23-31)51-38-27-40(34-14-6-4-7-15-34)46-39-18-10-11-19-41(39)48(42(46)28-38)45-20-12-13-21-47-45/h4-29H,30H2,1-3H3/q+1/t49-,50+/m0/s1. The molecule has 6 aromatic carbocycles. The van der Waals surface area contributed by atoms with Gasteiger partial charge in [0.15, 0.2) is 18.0 Å². The van der Waals surface area contributed by atoms with Crippen LogP contribution in [0.15, 0.2) is 152 Å². The van der Waals surface area contributed by atoms with Crippen molar-refractivity contribution < 1.29 is 4.74 Å². The number of quaternary nitrogens is 2. The monoisotopic (exact) mass is 661 g/mol. The first-order chi connectivity index (χ1) is 24.9. The molecule has 0 amide bonds. The number of aryl methyl sites for hydroxylation is 3. The number of benzene rings is 6. The van der Waals surface area contributed by atoms with Gasteiger partial charge in [-0.3, -0.25) is 13.5 Å². The lowest BCUT2D eigenvalue weighted by molar-refractivity contribution is 0.187. The summed E-state index contributed by atoms with van der Waals surface area (Å²) in [7, 11) is 0. The summed E-state index contributed by atoms with van der Waals surface area (Å²) in [5.41, 5.74) is 13.4. The summed E-state index contributed by atoms with van der Waals surface area (Å²) < 4.78 is 10.6. The number of hydrogen-bond acceptors (Lipinski definition) is 2. The average Bonchev–Trinajstić information content (AvgIpc) is 3.72. The Morgan fingerprint density at radius 3 is 1.98 bits per heavy atom. The fourth-order valence-corrected chi connectivity index (χ4v) is 8.50. The minimum Gasteiger partial charge on any atom is -0.457 e. The van der Waals surface area contributed by atoms with Gasteiger partial charge in [0.05, 0.1) is 17.7 Å². The molecule has 5 nitrogen and oxygen atoms in total. The van der Waals surface area contributed by atoms with E-state index in [2.05, 4.69) is 165 Å². The Morgan fingerprint density at radius 2 is 1.25 bits per heavy atom. The second kappa shape index (κ2) is 11.0. The van der Waals surface area contributed by atoms with E-state index in [0.29, 0.717) is 4.48 Å². The molecule has 51 heavy (non-hydrogen) atoms. The van der Waals surface area contributed by atoms with Crippen molar-refractivity contribution in [3.8, 4) is 28.4 Å². The highest BCUT2D eigenvalue weighted by molar-refractivity contribution is 6.16. The van der Waals surface area contributed by atoms with Crippen LogP contribution in [0.4, 0.5) is 22.7 Å². The number of aromatic nitrogens is 2. The van der Waals surface area contributed by atoms with Gasteiger partial charge in [-0.2, -0.15) is 0 Å². The van der Waals surface area contributed by atoms with E-state index in [4.69, 9.17) is 9.72 Å². The normalized spacial score (nSPS) is 18.9. The Balaban J connectivity index is 1.13. The van der Waals surface area contributed by atoms with Gasteiger partial charge < -0.3 is 4.74 Å². The van der Waals surface area contributed by atoms with Gasteiger partial charge in [-0.1, -0.05) is 72.8 Å². The van der Waals surface area contributed by atoms with Crippen molar-refractivity contribution in [1.82, 2.24) is 18.5 Å². The molecule has 1 fully saturated rings. The van der Waals surface area contributed by atoms with Crippen molar-refractivity contribution >= 4 is 44.6 Å². The lowest BCUT2D eigenvalue weighted by Gasteiger charge is -2.56. The van der Waals surface area contributed by atoms with Crippen LogP contribution in [0, 0.1) is 27.4 Å². The Kier molecular flexibility index (Phi) is 6.44. The van der Waals surface area contributed by atoms with Gasteiger partial charge in [0.2, 0.25) is 0 Å². The summed E-state index contributed by atoms with van der Waals surface area (Å²) in [5, 5.41) is 2.37. The second-order valence-electron chi connectivity index (χ2n) is 14.1. The smallest absolute Gasteiger partial charge is 0.186 e. The van der Waals surface area contributed by atoms with Crippen LogP contribution in [-0.4, -0.2) is 16.2 Å². The van der Waals surface area contributed by atoms with E-state index >= 15 is 0 Å². The van der Waals surface area contributed by atoms with Gasteiger partial charge in [-0.25, -0.2) is 4.98 Å². The summed E-state index contributed by atoms with van der Waals surface area (Å²) in [5.74, 6) is 2.49. The molecule has 3 aliphatic rings. The number of fused-ring (bicyclic) bond motifs is 3. The van der Waals surface area contributed by atoms with E-state index < -0.39 is 0 Å². The van der Waals surface area contributed by atoms with E-state index in [1.165, 1.54) is 44.6 Å². The molecule has 0 saturated carbocycles. The second-order valence-corrected chi connectivity index (χ2v) is 14.1. The summed E-state index contributed by atoms with van der Waals surface area (Å²) in [6.07, 6.45) is 1.85. The highest BCUT2D eigenvalue weighted by Gasteiger charge is 2.63. The quantitative estimate of drug-likeness (QED) is 0.131. The molecule has 2 aromatic heterocycles. The van der Waals surface area contributed by atoms with Crippen LogP contribution in [0.1, 0.15) is 16.7 Å². The van der Waals surface area contributed by atoms with Gasteiger partial charge in [-0.15, -0.1) is 0 Å². The van der Waals surface area contributed by atoms with E-state index in [0.717, 1.165) is 56.2 Å². The summed E-state index contributed by atoms with van der Waals surface area (Å²) >= 11 is 0. The van der Waals surface area contributed by atoms with Crippen LogP contribution in [0.2, 0.25) is 0 Å². The number of pyridine rings is 1. The highest BCUT2D eigenvalue weighted by Crippen LogP contribution is 2.65. The first-order valence-electron chi connectivity index (χ1n) is 17.6. The average molecular weight is 662 g/mol. The van der Waals surface area contributed by atoms with Gasteiger partial charge in [0.1, 0.15) is 28.7 Å². The lowest BCUT2D eigenvalue weighted by atomic mass is 9.99. The Bertz CT molecular complexity index is 2640. The zero-order chi connectivity index (χ0) is 34.3. The maximum absolute atomic E-state index is 6.96. The summed E-state index contributed by atoms with van der Waals surface area (Å²) in [4.78, 5) is 4.79. The van der Waals surface area contributed by atoms with Gasteiger partial charge in [0.25, 0.3) is 0 Å². The number of rotatable bonds is 6. The first-order valence-corrected chi connectivity index (χ1v) is 17.6. The van der Waals surface area contributed by atoms with Gasteiger partial charge in [-0.05, 0) is 91.1 Å². The molecule has 11 rings (SSSR count). The van der Waals surface area contributed by atoms with E-state index in [1.54, 1.807) is 0 Å². The number of ether oxygens (including phenoxy) is 1. The van der Waals surface area contributed by atoms with Crippen molar-refractivity contribution in [3.63, 3.8) is 0 Å². The van der Waals surface area contributed by atoms with Gasteiger partial charge in [0, 0.05) is 47.3 Å². The molecule has 5 heterocycles. The number of para-hydroxylation sites is 2. The molecule has 0 N–H and O–H groups in total. The molecule has 5 heteroatoms. The molecule has 0 spiro atoms. The Morgan fingerprint density at radius 1 is 0.608 bits per heavy atom. The van der Waals surface area contributed by atoms with Crippen LogP contribution in [0.5, 0.6) is 11.5 Å². The molecule has 2 atom stereocenters. The van der Waals surface area contributed by atoms with Crippen LogP contribution in [-0.2, 0) is 0 Å². The molecule has 246 valence electrons. The summed E-state index contributed by atoms with van der Waals surface area (Å²) in [6, 6.07) is 52.1. The zero-order valence-electron chi connectivity index (χ0n) is 28.9. The topological polar surface area (TPSA) is 27.1 Å². The van der Waals surface area contributed by atoms with Crippen molar-refractivity contribution in [2.24, 2.45) is 0 Å². The van der Waals surface area contributed by atoms with Crippen LogP contribution >= 0.6 is 0 Å². The van der Waals surface area contributed by atoms with Crippen molar-refractivity contribution in [2.45, 2.75) is 20.8 Å². The van der Waals surface area contributed by atoms with E-state index in [9.17, 15) is 0 Å². The fraction of sp³-hybridized carbons (Fsp3) is 0.0870. The first kappa shape index (κ1) is 29.9. The molecule has 0 aliphatic carbocycles. The van der Waals surface area contributed by atoms with E-state index in [1.807, 2.05) is 18.3 Å². The molecule has 2 bridgehead atoms. The molecule has 8 aromatic rings. The molecule has 0 radical (unpaired) electrons. The fourth-order valence-electron chi connectivity index (χ4n) is 8.50. The summed E-state index contributed by atoms with van der Waals surface area (Å²) in [6.45, 7) is 10.0. The maximum Gasteiger partial charge on any atom is 0.186 e. The molecule has 0 unspecified atom stereocenters. The molecular weight excluding hydrogens is 625 g/mol. The zero-order valence-corrected chi connectivity index (χ0v) is 28.9. The Labute approximate surface area is 298 Å². The van der Waals surface area contributed by atoms with Crippen LogP contribution in [0.3, 0.4) is 0 Å².